The monoisotopic (exact) mass is 441 g/mol. The van der Waals surface area contributed by atoms with Crippen molar-refractivity contribution >= 4 is 15.8 Å². The third-order valence-corrected chi connectivity index (χ3v) is 7.58. The molecule has 1 saturated heterocycles. The highest BCUT2D eigenvalue weighted by Crippen LogP contribution is 2.36. The van der Waals surface area contributed by atoms with E-state index in [9.17, 15) is 18.3 Å². The predicted molar refractivity (Wildman–Crippen MR) is 118 cm³/mol. The molecule has 6 nitrogen and oxygen atoms in total. The van der Waals surface area contributed by atoms with E-state index in [-0.39, 0.29) is 11.5 Å². The number of rotatable bonds is 8. The van der Waals surface area contributed by atoms with Crippen LogP contribution in [0.5, 0.6) is 5.75 Å². The minimum atomic E-state index is -3.76. The number of benzene rings is 2. The SMILES string of the molecule is CC#CCOc1ccc(S(=O)(=O)CC2(C(=O)O)CCN(Cc3ccccc3)CC2)cc1. The van der Waals surface area contributed by atoms with Crippen molar-refractivity contribution in [3.05, 3.63) is 60.2 Å². The van der Waals surface area contributed by atoms with E-state index >= 15 is 0 Å². The van der Waals surface area contributed by atoms with E-state index < -0.39 is 27.0 Å². The van der Waals surface area contributed by atoms with Crippen LogP contribution in [0.3, 0.4) is 0 Å². The summed E-state index contributed by atoms with van der Waals surface area (Å²) in [7, 11) is -3.76. The highest BCUT2D eigenvalue weighted by Gasteiger charge is 2.45. The minimum Gasteiger partial charge on any atom is -0.481 e. The summed E-state index contributed by atoms with van der Waals surface area (Å²) in [6.07, 6.45) is 0.594. The van der Waals surface area contributed by atoms with Gasteiger partial charge in [-0.25, -0.2) is 8.42 Å². The number of carboxylic acids is 1. The molecule has 1 fully saturated rings. The summed E-state index contributed by atoms with van der Waals surface area (Å²) >= 11 is 0. The van der Waals surface area contributed by atoms with Gasteiger partial charge in [-0.15, -0.1) is 5.92 Å². The lowest BCUT2D eigenvalue weighted by molar-refractivity contribution is -0.150. The molecule has 1 aliphatic heterocycles. The number of hydrogen-bond acceptors (Lipinski definition) is 5. The number of carbonyl (C=O) groups is 1. The highest BCUT2D eigenvalue weighted by molar-refractivity contribution is 7.91. The fourth-order valence-corrected chi connectivity index (χ4v) is 5.64. The van der Waals surface area contributed by atoms with Crippen LogP contribution in [0.15, 0.2) is 59.5 Å². The Bertz CT molecular complexity index is 1040. The van der Waals surface area contributed by atoms with Crippen molar-refractivity contribution in [1.82, 2.24) is 4.90 Å². The summed E-state index contributed by atoms with van der Waals surface area (Å²) in [6, 6.07) is 16.0. The summed E-state index contributed by atoms with van der Waals surface area (Å²) < 4.78 is 31.4. The molecule has 2 aromatic carbocycles. The smallest absolute Gasteiger partial charge is 0.310 e. The van der Waals surface area contributed by atoms with Crippen molar-refractivity contribution in [2.75, 3.05) is 25.4 Å². The van der Waals surface area contributed by atoms with Gasteiger partial charge in [0.15, 0.2) is 9.84 Å². The maximum absolute atomic E-state index is 13.0. The second kappa shape index (κ2) is 9.99. The third kappa shape index (κ3) is 5.87. The number of likely N-dealkylation sites (tertiary alicyclic amines) is 1. The Morgan fingerprint density at radius 1 is 1.10 bits per heavy atom. The lowest BCUT2D eigenvalue weighted by atomic mass is 9.80. The van der Waals surface area contributed by atoms with Crippen LogP contribution in [0.4, 0.5) is 0 Å². The summed E-state index contributed by atoms with van der Waals surface area (Å²) in [5, 5.41) is 9.92. The van der Waals surface area contributed by atoms with Gasteiger partial charge in [0.2, 0.25) is 0 Å². The quantitative estimate of drug-likeness (QED) is 0.633. The van der Waals surface area contributed by atoms with Gasteiger partial charge in [-0.1, -0.05) is 36.3 Å². The van der Waals surface area contributed by atoms with E-state index in [1.165, 1.54) is 12.1 Å². The molecule has 2 aromatic rings. The van der Waals surface area contributed by atoms with Gasteiger partial charge in [0.25, 0.3) is 0 Å². The molecular formula is C24H27NO5S. The van der Waals surface area contributed by atoms with Gasteiger partial charge < -0.3 is 9.84 Å². The molecule has 0 spiro atoms. The van der Waals surface area contributed by atoms with Crippen molar-refractivity contribution in [2.24, 2.45) is 5.41 Å². The van der Waals surface area contributed by atoms with Gasteiger partial charge >= 0.3 is 5.97 Å². The summed E-state index contributed by atoms with van der Waals surface area (Å²) in [6.45, 7) is 3.75. The number of piperidine rings is 1. The van der Waals surface area contributed by atoms with Crippen molar-refractivity contribution in [3.8, 4) is 17.6 Å². The first-order chi connectivity index (χ1) is 14.8. The molecule has 1 aliphatic rings. The lowest BCUT2D eigenvalue weighted by Gasteiger charge is -2.38. The maximum atomic E-state index is 13.0. The molecule has 7 heteroatoms. The molecule has 0 bridgehead atoms. The van der Waals surface area contributed by atoms with Crippen molar-refractivity contribution < 1.29 is 23.1 Å². The van der Waals surface area contributed by atoms with Crippen molar-refractivity contribution in [3.63, 3.8) is 0 Å². The number of aliphatic carboxylic acids is 1. The normalized spacial score (nSPS) is 16.2. The van der Waals surface area contributed by atoms with Gasteiger partial charge in [-0.2, -0.15) is 0 Å². The zero-order valence-corrected chi connectivity index (χ0v) is 18.4. The molecule has 0 unspecified atom stereocenters. The Kier molecular flexibility index (Phi) is 7.37. The molecule has 0 atom stereocenters. The van der Waals surface area contributed by atoms with Crippen LogP contribution in [0.2, 0.25) is 0 Å². The predicted octanol–water partition coefficient (Wildman–Crippen LogP) is 3.23. The van der Waals surface area contributed by atoms with E-state index in [4.69, 9.17) is 4.74 Å². The topological polar surface area (TPSA) is 83.9 Å². The van der Waals surface area contributed by atoms with E-state index in [0.29, 0.717) is 31.7 Å². The number of ether oxygens (including phenoxy) is 1. The minimum absolute atomic E-state index is 0.105. The number of nitrogens with zero attached hydrogens (tertiary/aromatic N) is 1. The Morgan fingerprint density at radius 3 is 2.32 bits per heavy atom. The van der Waals surface area contributed by atoms with E-state index in [1.807, 2.05) is 30.3 Å². The first-order valence-electron chi connectivity index (χ1n) is 10.2. The molecule has 3 rings (SSSR count). The zero-order valence-electron chi connectivity index (χ0n) is 17.6. The molecular weight excluding hydrogens is 414 g/mol. The van der Waals surface area contributed by atoms with E-state index in [2.05, 4.69) is 16.7 Å². The van der Waals surface area contributed by atoms with E-state index in [1.54, 1.807) is 19.1 Å². The number of hydrogen-bond donors (Lipinski definition) is 1. The molecule has 164 valence electrons. The van der Waals surface area contributed by atoms with Crippen LogP contribution in [-0.2, 0) is 21.2 Å². The Balaban J connectivity index is 1.67. The third-order valence-electron chi connectivity index (χ3n) is 5.65. The highest BCUT2D eigenvalue weighted by atomic mass is 32.2. The Morgan fingerprint density at radius 2 is 1.74 bits per heavy atom. The zero-order chi connectivity index (χ0) is 22.3. The summed E-state index contributed by atoms with van der Waals surface area (Å²) in [5.41, 5.74) is -0.122. The second-order valence-corrected chi connectivity index (χ2v) is 9.78. The van der Waals surface area contributed by atoms with E-state index in [0.717, 1.165) is 12.1 Å². The number of sulfone groups is 1. The van der Waals surface area contributed by atoms with Crippen LogP contribution in [0.25, 0.3) is 0 Å². The number of carboxylic acid groups (broad SMARTS) is 1. The molecule has 0 aromatic heterocycles. The van der Waals surface area contributed by atoms with Crippen LogP contribution < -0.4 is 4.74 Å². The van der Waals surface area contributed by atoms with Crippen LogP contribution in [-0.4, -0.2) is 49.8 Å². The fourth-order valence-electron chi connectivity index (χ4n) is 3.78. The molecule has 1 heterocycles. The van der Waals surface area contributed by atoms with Gasteiger partial charge in [0, 0.05) is 6.54 Å². The Hall–Kier alpha value is -2.82. The van der Waals surface area contributed by atoms with Gasteiger partial charge in [0.1, 0.15) is 12.4 Å². The Labute approximate surface area is 183 Å². The molecule has 0 radical (unpaired) electrons. The largest absolute Gasteiger partial charge is 0.481 e. The van der Waals surface area contributed by atoms with Crippen LogP contribution in [0, 0.1) is 17.3 Å². The molecule has 0 saturated carbocycles. The maximum Gasteiger partial charge on any atom is 0.310 e. The van der Waals surface area contributed by atoms with Gasteiger partial charge in [-0.3, -0.25) is 9.69 Å². The first kappa shape index (κ1) is 22.9. The van der Waals surface area contributed by atoms with Crippen LogP contribution in [0.1, 0.15) is 25.3 Å². The van der Waals surface area contributed by atoms with Crippen molar-refractivity contribution in [2.45, 2.75) is 31.2 Å². The van der Waals surface area contributed by atoms with Gasteiger partial charge in [0.05, 0.1) is 16.1 Å². The van der Waals surface area contributed by atoms with Crippen LogP contribution >= 0.6 is 0 Å². The lowest BCUT2D eigenvalue weighted by Crippen LogP contribution is -2.47. The summed E-state index contributed by atoms with van der Waals surface area (Å²) in [4.78, 5) is 14.4. The second-order valence-electron chi connectivity index (χ2n) is 7.79. The summed E-state index contributed by atoms with van der Waals surface area (Å²) in [5.74, 6) is 4.56. The molecule has 0 amide bonds. The fraction of sp³-hybridized carbons (Fsp3) is 0.375. The standard InChI is InChI=1S/C24H27NO5S/c1-2-3-17-30-21-9-11-22(12-10-21)31(28,29)19-24(23(26)27)13-15-25(16-14-24)18-20-7-5-4-6-8-20/h4-12H,13-19H2,1H3,(H,26,27). The molecule has 1 N–H and O–H groups in total. The average molecular weight is 442 g/mol. The first-order valence-corrected chi connectivity index (χ1v) is 11.8. The molecule has 31 heavy (non-hydrogen) atoms. The average Bonchev–Trinajstić information content (AvgIpc) is 2.76. The molecule has 0 aliphatic carbocycles. The van der Waals surface area contributed by atoms with Gasteiger partial charge in [-0.05, 0) is 62.7 Å². The van der Waals surface area contributed by atoms with Crippen molar-refractivity contribution in [1.29, 1.82) is 0 Å².